The molecular formula is C40H60N8O8. The Morgan fingerprint density at radius 2 is 1.18 bits per heavy atom. The molecule has 0 bridgehead atoms. The predicted molar refractivity (Wildman–Crippen MR) is 207 cm³/mol. The molecule has 56 heavy (non-hydrogen) atoms. The molecule has 308 valence electrons. The number of carbonyl (C=O) groups is 8. The smallest absolute Gasteiger partial charge is 0.246 e. The first-order valence-electron chi connectivity index (χ1n) is 20.0. The highest BCUT2D eigenvalue weighted by atomic mass is 16.2. The molecule has 3 fully saturated rings. The molecule has 0 spiro atoms. The van der Waals surface area contributed by atoms with E-state index in [4.69, 9.17) is 5.73 Å². The van der Waals surface area contributed by atoms with Crippen LogP contribution in [0.25, 0.3) is 0 Å². The van der Waals surface area contributed by atoms with E-state index in [1.54, 1.807) is 38.1 Å². The minimum absolute atomic E-state index is 0.0315. The second-order valence-electron chi connectivity index (χ2n) is 16.2. The topological polar surface area (TPSA) is 229 Å². The Morgan fingerprint density at radius 3 is 1.71 bits per heavy atom. The van der Waals surface area contributed by atoms with E-state index in [1.165, 1.54) is 9.80 Å². The van der Waals surface area contributed by atoms with Gasteiger partial charge in [-0.3, -0.25) is 38.4 Å². The summed E-state index contributed by atoms with van der Waals surface area (Å²) in [5.74, 6) is -6.07. The molecule has 3 heterocycles. The van der Waals surface area contributed by atoms with Crippen molar-refractivity contribution in [2.75, 3.05) is 13.1 Å². The Hall–Kier alpha value is -5.02. The number of benzene rings is 1. The van der Waals surface area contributed by atoms with Crippen LogP contribution in [0.3, 0.4) is 0 Å². The van der Waals surface area contributed by atoms with Gasteiger partial charge in [-0.05, 0) is 55.4 Å². The molecule has 0 aliphatic carbocycles. The quantitative estimate of drug-likeness (QED) is 0.203. The normalized spacial score (nSPS) is 28.1. The molecule has 7 N–H and O–H groups in total. The second kappa shape index (κ2) is 19.7. The van der Waals surface area contributed by atoms with E-state index < -0.39 is 102 Å². The maximum Gasteiger partial charge on any atom is 0.246 e. The van der Waals surface area contributed by atoms with Crippen LogP contribution in [0, 0.1) is 17.8 Å². The van der Waals surface area contributed by atoms with Gasteiger partial charge < -0.3 is 42.1 Å². The zero-order valence-electron chi connectivity index (χ0n) is 33.5. The monoisotopic (exact) mass is 780 g/mol. The lowest BCUT2D eigenvalue weighted by Gasteiger charge is -2.32. The van der Waals surface area contributed by atoms with Crippen LogP contribution in [0.2, 0.25) is 0 Å². The van der Waals surface area contributed by atoms with Crippen molar-refractivity contribution in [3.8, 4) is 0 Å². The van der Waals surface area contributed by atoms with Gasteiger partial charge in [-0.15, -0.1) is 0 Å². The number of nitrogens with two attached hydrogens (primary N) is 1. The zero-order valence-corrected chi connectivity index (χ0v) is 33.5. The summed E-state index contributed by atoms with van der Waals surface area (Å²) in [6, 6.07) is 1.17. The second-order valence-corrected chi connectivity index (χ2v) is 16.2. The van der Waals surface area contributed by atoms with Crippen molar-refractivity contribution in [2.24, 2.45) is 23.5 Å². The van der Waals surface area contributed by atoms with E-state index in [9.17, 15) is 38.4 Å². The molecule has 0 saturated carbocycles. The van der Waals surface area contributed by atoms with E-state index in [1.807, 2.05) is 33.8 Å². The number of amides is 8. The number of nitrogens with one attached hydrogen (secondary N) is 5. The molecule has 1 aromatic carbocycles. The molecule has 0 aromatic heterocycles. The molecular weight excluding hydrogens is 720 g/mol. The number of primary amides is 1. The molecule has 3 saturated heterocycles. The van der Waals surface area contributed by atoms with E-state index >= 15 is 0 Å². The third-order valence-corrected chi connectivity index (χ3v) is 11.0. The fourth-order valence-electron chi connectivity index (χ4n) is 7.69. The minimum atomic E-state index is -1.45. The van der Waals surface area contributed by atoms with Crippen LogP contribution in [0.5, 0.6) is 0 Å². The van der Waals surface area contributed by atoms with Gasteiger partial charge in [-0.2, -0.15) is 0 Å². The summed E-state index contributed by atoms with van der Waals surface area (Å²) in [7, 11) is 0. The fourth-order valence-corrected chi connectivity index (χ4v) is 7.69. The van der Waals surface area contributed by atoms with Crippen molar-refractivity contribution in [3.63, 3.8) is 0 Å². The summed E-state index contributed by atoms with van der Waals surface area (Å²) in [4.78, 5) is 113. The summed E-state index contributed by atoms with van der Waals surface area (Å²) >= 11 is 0. The Labute approximate surface area is 329 Å². The summed E-state index contributed by atoms with van der Waals surface area (Å²) in [5, 5.41) is 14.0. The number of rotatable bonds is 9. The Morgan fingerprint density at radius 1 is 0.679 bits per heavy atom. The Kier molecular flexibility index (Phi) is 15.4. The van der Waals surface area contributed by atoms with Gasteiger partial charge >= 0.3 is 0 Å². The van der Waals surface area contributed by atoms with Gasteiger partial charge in [0, 0.05) is 19.5 Å². The van der Waals surface area contributed by atoms with Gasteiger partial charge in [0.05, 0.1) is 6.42 Å². The third kappa shape index (κ3) is 11.1. The first kappa shape index (κ1) is 43.7. The number of hydrogen-bond donors (Lipinski definition) is 6. The third-order valence-electron chi connectivity index (χ3n) is 11.0. The van der Waals surface area contributed by atoms with E-state index in [0.717, 1.165) is 5.56 Å². The van der Waals surface area contributed by atoms with E-state index in [0.29, 0.717) is 25.7 Å². The van der Waals surface area contributed by atoms with Crippen molar-refractivity contribution in [1.82, 2.24) is 36.4 Å². The van der Waals surface area contributed by atoms with Crippen LogP contribution in [0.1, 0.15) is 92.1 Å². The van der Waals surface area contributed by atoms with Crippen LogP contribution < -0.4 is 32.3 Å². The lowest BCUT2D eigenvalue weighted by Crippen LogP contribution is -2.61. The maximum atomic E-state index is 14.3. The summed E-state index contributed by atoms with van der Waals surface area (Å²) in [6.07, 6.45) is 1.78. The first-order valence-corrected chi connectivity index (χ1v) is 20.0. The number of fused-ring (bicyclic) bond motifs is 2. The molecule has 16 nitrogen and oxygen atoms in total. The summed E-state index contributed by atoms with van der Waals surface area (Å²) < 4.78 is 0. The fraction of sp³-hybridized carbons (Fsp3) is 0.650. The molecule has 0 radical (unpaired) electrons. The zero-order chi connectivity index (χ0) is 41.3. The molecule has 8 amide bonds. The molecule has 4 rings (SSSR count). The van der Waals surface area contributed by atoms with Crippen molar-refractivity contribution in [1.29, 1.82) is 0 Å². The van der Waals surface area contributed by atoms with E-state index in [2.05, 4.69) is 26.6 Å². The highest BCUT2D eigenvalue weighted by molar-refractivity contribution is 6.00. The SMILES string of the molecule is CC[C@H](C)[C@@H]1NC(=O)[C@H](Cc2ccccc2)NC(=O)[C@@H]2CCCN2C(=O)[C@H](CC(N)=O)NC(=O)[C@H](C(C)C)NC(=O)[C@@H]2CCCN2C(=O)[C@H](CC(C)C)NC1=O. The largest absolute Gasteiger partial charge is 0.370 e. The van der Waals surface area contributed by atoms with Gasteiger partial charge in [0.1, 0.15) is 42.3 Å². The Bertz CT molecular complexity index is 1620. The van der Waals surface area contributed by atoms with Crippen molar-refractivity contribution in [3.05, 3.63) is 35.9 Å². The summed E-state index contributed by atoms with van der Waals surface area (Å²) in [6.45, 7) is 11.3. The molecule has 16 heteroatoms. The maximum absolute atomic E-state index is 14.3. The van der Waals surface area contributed by atoms with Gasteiger partial charge in [0.2, 0.25) is 47.3 Å². The number of carbonyl (C=O) groups excluding carboxylic acids is 8. The standard InChI is InChI=1S/C40H60N8O8/c1-7-24(6)33-38(54)43-27(19-22(2)3)39(55)48-18-12-16-30(48)36(52)45-32(23(4)5)37(53)44-28(21-31(41)49)40(56)47-17-11-15-29(47)35(51)42-26(34(50)46-33)20-25-13-9-8-10-14-25/h8-10,13-14,22-24,26-30,32-33H,7,11-12,15-21H2,1-6H3,(H2,41,49)(H,42,51)(H,43,54)(H,44,53)(H,45,52)(H,46,50)/t24-,26-,27-,28-,29-,30-,32-,33-/m0/s1. The van der Waals surface area contributed by atoms with Crippen LogP contribution in [-0.4, -0.2) is 112 Å². The lowest BCUT2D eigenvalue weighted by atomic mass is 9.95. The summed E-state index contributed by atoms with van der Waals surface area (Å²) in [5.41, 5.74) is 6.27. The molecule has 0 unspecified atom stereocenters. The van der Waals surface area contributed by atoms with Crippen molar-refractivity contribution >= 4 is 47.3 Å². The van der Waals surface area contributed by atoms with Crippen molar-refractivity contribution in [2.45, 2.75) is 135 Å². The molecule has 1 aromatic rings. The Balaban J connectivity index is 1.79. The molecule has 3 aliphatic rings. The van der Waals surface area contributed by atoms with Gasteiger partial charge in [-0.25, -0.2) is 0 Å². The predicted octanol–water partition coefficient (Wildman–Crippen LogP) is 0.272. The number of nitrogens with zero attached hydrogens (tertiary/aromatic N) is 2. The van der Waals surface area contributed by atoms with Crippen LogP contribution in [-0.2, 0) is 44.8 Å². The number of hydrogen-bond acceptors (Lipinski definition) is 8. The van der Waals surface area contributed by atoms with Gasteiger partial charge in [0.25, 0.3) is 0 Å². The van der Waals surface area contributed by atoms with Gasteiger partial charge in [0.15, 0.2) is 0 Å². The van der Waals surface area contributed by atoms with Crippen LogP contribution in [0.15, 0.2) is 30.3 Å². The molecule has 3 aliphatic heterocycles. The first-order chi connectivity index (χ1) is 26.5. The average Bonchev–Trinajstić information content (AvgIpc) is 3.85. The highest BCUT2D eigenvalue weighted by Gasteiger charge is 2.43. The highest BCUT2D eigenvalue weighted by Crippen LogP contribution is 2.23. The van der Waals surface area contributed by atoms with Crippen LogP contribution >= 0.6 is 0 Å². The minimum Gasteiger partial charge on any atom is -0.370 e. The average molecular weight is 781 g/mol. The lowest BCUT2D eigenvalue weighted by molar-refractivity contribution is -0.144. The van der Waals surface area contributed by atoms with Crippen LogP contribution in [0.4, 0.5) is 0 Å². The van der Waals surface area contributed by atoms with E-state index in [-0.39, 0.29) is 44.2 Å². The van der Waals surface area contributed by atoms with Gasteiger partial charge in [-0.1, -0.05) is 78.3 Å². The van der Waals surface area contributed by atoms with Crippen molar-refractivity contribution < 1.29 is 38.4 Å². The molecule has 8 atom stereocenters.